The lowest BCUT2D eigenvalue weighted by molar-refractivity contribution is -0.191. The summed E-state index contributed by atoms with van der Waals surface area (Å²) < 4.78 is 62.2. The maximum Gasteiger partial charge on any atom is 0.471 e. The van der Waals surface area contributed by atoms with Crippen LogP contribution in [-0.4, -0.2) is 71.1 Å². The summed E-state index contributed by atoms with van der Waals surface area (Å²) in [5.74, 6) is -0.480. The number of alkyl halides is 3. The van der Waals surface area contributed by atoms with Crippen LogP contribution in [0.3, 0.4) is 0 Å². The number of furan rings is 1. The standard InChI is InChI=1S/C22H19F3N4O5/c1-31-16-3-2-4-17-14(16)9-18(34-17)15-10-26-19-5-6-20(27-29(15)19)33-12-13-11-28(7-8-32-13)21(30)22(23,24)25/h2-6,9-10,13H,7-8,11-12H2,1H3. The van der Waals surface area contributed by atoms with Gasteiger partial charge >= 0.3 is 12.1 Å². The van der Waals surface area contributed by atoms with Gasteiger partial charge in [0.25, 0.3) is 0 Å². The highest BCUT2D eigenvalue weighted by Gasteiger charge is 2.43. The van der Waals surface area contributed by atoms with Crippen LogP contribution in [0, 0.1) is 0 Å². The van der Waals surface area contributed by atoms with Gasteiger partial charge in [-0.1, -0.05) is 6.07 Å². The average molecular weight is 476 g/mol. The van der Waals surface area contributed by atoms with Crippen LogP contribution in [0.2, 0.25) is 0 Å². The zero-order valence-corrected chi connectivity index (χ0v) is 17.9. The highest BCUT2D eigenvalue weighted by Crippen LogP contribution is 2.33. The van der Waals surface area contributed by atoms with Crippen LogP contribution in [-0.2, 0) is 9.53 Å². The van der Waals surface area contributed by atoms with Gasteiger partial charge in [-0.15, -0.1) is 5.10 Å². The van der Waals surface area contributed by atoms with E-state index < -0.39 is 18.2 Å². The molecular formula is C22H19F3N4O5. The topological polar surface area (TPSA) is 91.3 Å². The van der Waals surface area contributed by atoms with Crippen LogP contribution < -0.4 is 9.47 Å². The second-order valence-corrected chi connectivity index (χ2v) is 7.62. The van der Waals surface area contributed by atoms with Gasteiger partial charge in [-0.3, -0.25) is 4.79 Å². The van der Waals surface area contributed by atoms with Crippen LogP contribution in [0.4, 0.5) is 13.2 Å². The van der Waals surface area contributed by atoms with Crippen molar-refractivity contribution in [3.05, 3.63) is 42.6 Å². The Kier molecular flexibility index (Phi) is 5.52. The number of nitrogens with zero attached hydrogens (tertiary/aromatic N) is 4. The summed E-state index contributed by atoms with van der Waals surface area (Å²) in [7, 11) is 1.58. The van der Waals surface area contributed by atoms with Gasteiger partial charge in [-0.2, -0.15) is 13.2 Å². The van der Waals surface area contributed by atoms with E-state index in [4.69, 9.17) is 18.6 Å². The molecule has 0 radical (unpaired) electrons. The molecule has 9 nitrogen and oxygen atoms in total. The number of morpholine rings is 1. The van der Waals surface area contributed by atoms with Gasteiger partial charge < -0.3 is 23.5 Å². The number of methoxy groups -OCH3 is 1. The number of aromatic nitrogens is 3. The van der Waals surface area contributed by atoms with Crippen molar-refractivity contribution in [1.29, 1.82) is 0 Å². The van der Waals surface area contributed by atoms with Gasteiger partial charge in [-0.25, -0.2) is 9.50 Å². The van der Waals surface area contributed by atoms with Gasteiger partial charge in [-0.05, 0) is 24.3 Å². The van der Waals surface area contributed by atoms with E-state index in [1.165, 1.54) is 0 Å². The molecule has 0 N–H and O–H groups in total. The summed E-state index contributed by atoms with van der Waals surface area (Å²) in [6.07, 6.45) is -4.03. The van der Waals surface area contributed by atoms with E-state index in [2.05, 4.69) is 10.1 Å². The summed E-state index contributed by atoms with van der Waals surface area (Å²) in [5.41, 5.74) is 1.77. The molecule has 1 atom stereocenters. The highest BCUT2D eigenvalue weighted by molar-refractivity contribution is 5.88. The first-order valence-corrected chi connectivity index (χ1v) is 10.4. The molecule has 4 aromatic rings. The molecule has 4 heterocycles. The molecule has 3 aromatic heterocycles. The molecule has 1 unspecified atom stereocenters. The van der Waals surface area contributed by atoms with Gasteiger partial charge in [0.15, 0.2) is 11.4 Å². The Bertz CT molecular complexity index is 1350. The Morgan fingerprint density at radius 1 is 1.26 bits per heavy atom. The number of benzene rings is 1. The van der Waals surface area contributed by atoms with E-state index >= 15 is 0 Å². The minimum Gasteiger partial charge on any atom is -0.496 e. The lowest BCUT2D eigenvalue weighted by atomic mass is 10.2. The number of rotatable bonds is 5. The minimum absolute atomic E-state index is 0.0104. The lowest BCUT2D eigenvalue weighted by Gasteiger charge is -2.33. The zero-order chi connectivity index (χ0) is 23.9. The molecule has 1 aromatic carbocycles. The molecule has 178 valence electrons. The molecule has 1 saturated heterocycles. The first-order valence-electron chi connectivity index (χ1n) is 10.4. The maximum absolute atomic E-state index is 12.7. The first kappa shape index (κ1) is 22.0. The molecule has 12 heteroatoms. The predicted octanol–water partition coefficient (Wildman–Crippen LogP) is 3.32. The number of fused-ring (bicyclic) bond motifs is 2. The maximum atomic E-state index is 12.7. The number of carbonyl (C=O) groups is 1. The second kappa shape index (κ2) is 8.52. The molecule has 0 spiro atoms. The molecule has 1 fully saturated rings. The van der Waals surface area contributed by atoms with Gasteiger partial charge in [0.05, 0.1) is 31.8 Å². The van der Waals surface area contributed by atoms with Crippen molar-refractivity contribution < 1.29 is 36.6 Å². The third-order valence-electron chi connectivity index (χ3n) is 5.42. The largest absolute Gasteiger partial charge is 0.496 e. The lowest BCUT2D eigenvalue weighted by Crippen LogP contribution is -2.51. The molecule has 0 saturated carbocycles. The van der Waals surface area contributed by atoms with E-state index in [0.29, 0.717) is 28.4 Å². The summed E-state index contributed by atoms with van der Waals surface area (Å²) in [6, 6.07) is 10.6. The normalized spacial score (nSPS) is 16.8. The Hall–Kier alpha value is -3.80. The first-order chi connectivity index (χ1) is 16.3. The van der Waals surface area contributed by atoms with Crippen molar-refractivity contribution in [2.75, 3.05) is 33.4 Å². The number of ether oxygens (including phenoxy) is 3. The van der Waals surface area contributed by atoms with Crippen molar-refractivity contribution >= 4 is 22.5 Å². The van der Waals surface area contributed by atoms with Crippen LogP contribution in [0.5, 0.6) is 11.6 Å². The number of amides is 1. The number of hydrogen-bond donors (Lipinski definition) is 0. The van der Waals surface area contributed by atoms with Crippen molar-refractivity contribution in [2.24, 2.45) is 0 Å². The molecule has 5 rings (SSSR count). The number of carbonyl (C=O) groups excluding carboxylic acids is 1. The molecule has 1 aliphatic heterocycles. The monoisotopic (exact) mass is 476 g/mol. The molecule has 0 bridgehead atoms. The van der Waals surface area contributed by atoms with E-state index in [0.717, 1.165) is 10.3 Å². The van der Waals surface area contributed by atoms with Crippen molar-refractivity contribution in [1.82, 2.24) is 19.5 Å². The highest BCUT2D eigenvalue weighted by atomic mass is 19.4. The average Bonchev–Trinajstić information content (AvgIpc) is 3.45. The number of imidazole rings is 1. The summed E-state index contributed by atoms with van der Waals surface area (Å²) >= 11 is 0. The molecule has 1 aliphatic rings. The second-order valence-electron chi connectivity index (χ2n) is 7.62. The quantitative estimate of drug-likeness (QED) is 0.437. The Balaban J connectivity index is 1.34. The third-order valence-corrected chi connectivity index (χ3v) is 5.42. The third kappa shape index (κ3) is 4.12. The van der Waals surface area contributed by atoms with Crippen molar-refractivity contribution in [3.63, 3.8) is 0 Å². The molecule has 34 heavy (non-hydrogen) atoms. The SMILES string of the molecule is COc1cccc2oc(-c3cnc4ccc(OCC5CN(C(=O)C(F)(F)F)CCO5)nn34)cc12. The van der Waals surface area contributed by atoms with Gasteiger partial charge in [0, 0.05) is 12.6 Å². The zero-order valence-electron chi connectivity index (χ0n) is 17.9. The van der Waals surface area contributed by atoms with E-state index in [9.17, 15) is 18.0 Å². The fourth-order valence-electron chi connectivity index (χ4n) is 3.80. The Morgan fingerprint density at radius 3 is 2.91 bits per heavy atom. The van der Waals surface area contributed by atoms with E-state index in [1.54, 1.807) is 30.0 Å². The predicted molar refractivity (Wildman–Crippen MR) is 113 cm³/mol. The van der Waals surface area contributed by atoms with E-state index in [1.807, 2.05) is 24.3 Å². The van der Waals surface area contributed by atoms with Crippen LogP contribution >= 0.6 is 0 Å². The van der Waals surface area contributed by atoms with Gasteiger partial charge in [0.1, 0.15) is 29.7 Å². The summed E-state index contributed by atoms with van der Waals surface area (Å²) in [5, 5.41) is 5.23. The Morgan fingerprint density at radius 2 is 2.12 bits per heavy atom. The molecular weight excluding hydrogens is 457 g/mol. The van der Waals surface area contributed by atoms with Crippen LogP contribution in [0.15, 0.2) is 47.0 Å². The smallest absolute Gasteiger partial charge is 0.471 e. The summed E-state index contributed by atoms with van der Waals surface area (Å²) in [4.78, 5) is 16.5. The van der Waals surface area contributed by atoms with Crippen molar-refractivity contribution in [3.8, 4) is 23.1 Å². The molecule has 0 aliphatic carbocycles. The number of hydrogen-bond acceptors (Lipinski definition) is 7. The minimum atomic E-state index is -4.92. The fraction of sp³-hybridized carbons (Fsp3) is 0.318. The summed E-state index contributed by atoms with van der Waals surface area (Å²) in [6.45, 7) is -0.438. The van der Waals surface area contributed by atoms with Crippen molar-refractivity contribution in [2.45, 2.75) is 12.3 Å². The van der Waals surface area contributed by atoms with E-state index in [-0.39, 0.29) is 32.2 Å². The Labute approximate surface area is 190 Å². The van der Waals surface area contributed by atoms with Gasteiger partial charge in [0.2, 0.25) is 5.88 Å². The number of halogens is 3. The van der Waals surface area contributed by atoms with Crippen LogP contribution in [0.1, 0.15) is 0 Å². The van der Waals surface area contributed by atoms with Crippen LogP contribution in [0.25, 0.3) is 28.1 Å². The molecule has 1 amide bonds. The fourth-order valence-corrected chi connectivity index (χ4v) is 3.80.